The van der Waals surface area contributed by atoms with Gasteiger partial charge < -0.3 is 4.79 Å². The van der Waals surface area contributed by atoms with Crippen LogP contribution in [0.3, 0.4) is 0 Å². The lowest BCUT2D eigenvalue weighted by molar-refractivity contribution is -0.108. The van der Waals surface area contributed by atoms with Crippen LogP contribution < -0.4 is 0 Å². The van der Waals surface area contributed by atoms with E-state index in [1.54, 1.807) is 6.20 Å². The molecular weight excluding hydrogens is 162 g/mol. The molecule has 0 bridgehead atoms. The highest BCUT2D eigenvalue weighted by Gasteiger charge is 2.31. The van der Waals surface area contributed by atoms with Crippen LogP contribution in [-0.4, -0.2) is 11.3 Å². The first kappa shape index (κ1) is 8.42. The molecule has 0 amide bonds. The molecule has 1 atom stereocenters. The molecule has 1 aromatic rings. The van der Waals surface area contributed by atoms with E-state index in [4.69, 9.17) is 0 Å². The Balaban J connectivity index is 2.14. The van der Waals surface area contributed by atoms with E-state index in [0.717, 1.165) is 12.2 Å². The van der Waals surface area contributed by atoms with Gasteiger partial charge >= 0.3 is 0 Å². The lowest BCUT2D eigenvalue weighted by atomic mass is 9.93. The Hall–Kier alpha value is -1.18. The molecular formula is C11H13NO. The molecule has 1 aliphatic carbocycles. The summed E-state index contributed by atoms with van der Waals surface area (Å²) in [5.41, 5.74) is 1.22. The largest absolute Gasteiger partial charge is 0.303 e. The molecule has 2 rings (SSSR count). The second-order valence-corrected chi connectivity index (χ2v) is 3.63. The van der Waals surface area contributed by atoms with Crippen molar-refractivity contribution in [3.63, 3.8) is 0 Å². The van der Waals surface area contributed by atoms with Gasteiger partial charge in [-0.2, -0.15) is 0 Å². The SMILES string of the molecule is O=CCC(c1cccnc1)C1CC1. The van der Waals surface area contributed by atoms with Gasteiger partial charge in [0.2, 0.25) is 0 Å². The maximum atomic E-state index is 10.5. The normalized spacial score (nSPS) is 18.2. The molecule has 1 saturated carbocycles. The molecule has 2 nitrogen and oxygen atoms in total. The standard InChI is InChI=1S/C11H13NO/c13-7-5-11(9-3-4-9)10-2-1-6-12-8-10/h1-2,6-9,11H,3-5H2. The lowest BCUT2D eigenvalue weighted by Gasteiger charge is -2.12. The molecule has 0 aliphatic heterocycles. The Morgan fingerprint density at radius 3 is 3.00 bits per heavy atom. The van der Waals surface area contributed by atoms with Gasteiger partial charge in [-0.05, 0) is 36.3 Å². The van der Waals surface area contributed by atoms with Gasteiger partial charge in [-0.1, -0.05) is 6.07 Å². The van der Waals surface area contributed by atoms with Gasteiger partial charge in [0.05, 0.1) is 0 Å². The molecule has 1 fully saturated rings. The van der Waals surface area contributed by atoms with Gasteiger partial charge in [-0.3, -0.25) is 4.98 Å². The molecule has 1 heterocycles. The van der Waals surface area contributed by atoms with Crippen molar-refractivity contribution >= 4 is 6.29 Å². The van der Waals surface area contributed by atoms with Crippen LogP contribution in [0.15, 0.2) is 24.5 Å². The van der Waals surface area contributed by atoms with E-state index in [1.807, 2.05) is 12.3 Å². The highest BCUT2D eigenvalue weighted by molar-refractivity contribution is 5.52. The average molecular weight is 175 g/mol. The third kappa shape index (κ3) is 1.94. The van der Waals surface area contributed by atoms with Crippen LogP contribution in [0.4, 0.5) is 0 Å². The van der Waals surface area contributed by atoms with Crippen molar-refractivity contribution in [1.82, 2.24) is 4.98 Å². The maximum Gasteiger partial charge on any atom is 0.120 e. The van der Waals surface area contributed by atoms with E-state index in [0.29, 0.717) is 12.3 Å². The van der Waals surface area contributed by atoms with Crippen LogP contribution in [0.2, 0.25) is 0 Å². The van der Waals surface area contributed by atoms with Crippen molar-refractivity contribution in [3.05, 3.63) is 30.1 Å². The number of hydrogen-bond acceptors (Lipinski definition) is 2. The molecule has 1 aliphatic rings. The van der Waals surface area contributed by atoms with E-state index in [1.165, 1.54) is 18.4 Å². The summed E-state index contributed by atoms with van der Waals surface area (Å²) in [4.78, 5) is 14.6. The van der Waals surface area contributed by atoms with Crippen LogP contribution in [-0.2, 0) is 4.79 Å². The number of hydrogen-bond donors (Lipinski definition) is 0. The summed E-state index contributed by atoms with van der Waals surface area (Å²) in [5, 5.41) is 0. The lowest BCUT2D eigenvalue weighted by Crippen LogP contribution is -2.02. The molecule has 0 spiro atoms. The number of carbonyl (C=O) groups excluding carboxylic acids is 1. The van der Waals surface area contributed by atoms with Gasteiger partial charge in [0, 0.05) is 18.8 Å². The molecule has 68 valence electrons. The smallest absolute Gasteiger partial charge is 0.120 e. The Labute approximate surface area is 78.0 Å². The second kappa shape index (κ2) is 3.69. The summed E-state index contributed by atoms with van der Waals surface area (Å²) in [6.07, 6.45) is 7.87. The fraction of sp³-hybridized carbons (Fsp3) is 0.455. The minimum absolute atomic E-state index is 0.422. The third-order valence-electron chi connectivity index (χ3n) is 2.65. The molecule has 13 heavy (non-hydrogen) atoms. The van der Waals surface area contributed by atoms with E-state index in [-0.39, 0.29) is 0 Å². The number of aldehydes is 1. The summed E-state index contributed by atoms with van der Waals surface area (Å²) in [6.45, 7) is 0. The Morgan fingerprint density at radius 1 is 1.62 bits per heavy atom. The molecule has 0 aromatic carbocycles. The molecule has 1 aromatic heterocycles. The van der Waals surface area contributed by atoms with Crippen molar-refractivity contribution in [3.8, 4) is 0 Å². The molecule has 1 unspecified atom stereocenters. The van der Waals surface area contributed by atoms with Crippen LogP contribution in [0.5, 0.6) is 0 Å². The number of pyridine rings is 1. The van der Waals surface area contributed by atoms with Crippen molar-refractivity contribution in [2.45, 2.75) is 25.2 Å². The van der Waals surface area contributed by atoms with Crippen molar-refractivity contribution in [2.75, 3.05) is 0 Å². The predicted molar refractivity (Wildman–Crippen MR) is 50.4 cm³/mol. The van der Waals surface area contributed by atoms with Crippen LogP contribution in [0.1, 0.15) is 30.7 Å². The van der Waals surface area contributed by atoms with Gasteiger partial charge in [-0.15, -0.1) is 0 Å². The van der Waals surface area contributed by atoms with Crippen molar-refractivity contribution in [1.29, 1.82) is 0 Å². The highest BCUT2D eigenvalue weighted by atomic mass is 16.1. The zero-order chi connectivity index (χ0) is 9.10. The Morgan fingerprint density at radius 2 is 2.46 bits per heavy atom. The minimum atomic E-state index is 0.422. The third-order valence-corrected chi connectivity index (χ3v) is 2.65. The summed E-state index contributed by atoms with van der Waals surface area (Å²) in [5.74, 6) is 1.15. The van der Waals surface area contributed by atoms with E-state index < -0.39 is 0 Å². The fourth-order valence-corrected chi connectivity index (χ4v) is 1.80. The molecule has 0 N–H and O–H groups in total. The van der Waals surface area contributed by atoms with E-state index in [2.05, 4.69) is 11.1 Å². The summed E-state index contributed by atoms with van der Waals surface area (Å²) in [6, 6.07) is 4.01. The maximum absolute atomic E-state index is 10.5. The Kier molecular flexibility index (Phi) is 2.39. The highest BCUT2D eigenvalue weighted by Crippen LogP contribution is 2.43. The number of rotatable bonds is 4. The second-order valence-electron chi connectivity index (χ2n) is 3.63. The first-order valence-electron chi connectivity index (χ1n) is 4.75. The molecule has 0 radical (unpaired) electrons. The zero-order valence-corrected chi connectivity index (χ0v) is 7.52. The molecule has 2 heteroatoms. The van der Waals surface area contributed by atoms with Gasteiger partial charge in [0.15, 0.2) is 0 Å². The summed E-state index contributed by atoms with van der Waals surface area (Å²) in [7, 11) is 0. The van der Waals surface area contributed by atoms with Gasteiger partial charge in [0.1, 0.15) is 6.29 Å². The topological polar surface area (TPSA) is 30.0 Å². The molecule has 0 saturated heterocycles. The van der Waals surface area contributed by atoms with Crippen LogP contribution >= 0.6 is 0 Å². The van der Waals surface area contributed by atoms with Gasteiger partial charge in [0.25, 0.3) is 0 Å². The first-order valence-corrected chi connectivity index (χ1v) is 4.75. The van der Waals surface area contributed by atoms with Crippen LogP contribution in [0, 0.1) is 5.92 Å². The monoisotopic (exact) mass is 175 g/mol. The predicted octanol–water partition coefficient (Wildman–Crippen LogP) is 2.16. The van der Waals surface area contributed by atoms with Crippen LogP contribution in [0.25, 0.3) is 0 Å². The zero-order valence-electron chi connectivity index (χ0n) is 7.52. The summed E-state index contributed by atoms with van der Waals surface area (Å²) < 4.78 is 0. The number of aromatic nitrogens is 1. The van der Waals surface area contributed by atoms with E-state index in [9.17, 15) is 4.79 Å². The average Bonchev–Trinajstić information content (AvgIpc) is 2.99. The minimum Gasteiger partial charge on any atom is -0.303 e. The number of nitrogens with zero attached hydrogens (tertiary/aromatic N) is 1. The first-order chi connectivity index (χ1) is 6.42. The number of carbonyl (C=O) groups is 1. The van der Waals surface area contributed by atoms with Crippen molar-refractivity contribution < 1.29 is 4.79 Å². The van der Waals surface area contributed by atoms with E-state index >= 15 is 0 Å². The Bertz CT molecular complexity index is 279. The summed E-state index contributed by atoms with van der Waals surface area (Å²) >= 11 is 0. The van der Waals surface area contributed by atoms with Crippen molar-refractivity contribution in [2.24, 2.45) is 5.92 Å². The quantitative estimate of drug-likeness (QED) is 0.656. The fourth-order valence-electron chi connectivity index (χ4n) is 1.80. The van der Waals surface area contributed by atoms with Gasteiger partial charge in [-0.25, -0.2) is 0 Å².